The van der Waals surface area contributed by atoms with E-state index in [4.69, 9.17) is 4.74 Å². The molecule has 0 aromatic heterocycles. The normalized spacial score (nSPS) is 39.6. The zero-order valence-corrected chi connectivity index (χ0v) is 8.08. The summed E-state index contributed by atoms with van der Waals surface area (Å²) >= 11 is 0. The molecule has 1 heterocycles. The van der Waals surface area contributed by atoms with E-state index in [1.54, 1.807) is 0 Å². The summed E-state index contributed by atoms with van der Waals surface area (Å²) < 4.78 is 5.38. The van der Waals surface area contributed by atoms with Gasteiger partial charge in [0.1, 0.15) is 6.10 Å². The Kier molecular flexibility index (Phi) is 2.14. The van der Waals surface area contributed by atoms with Crippen LogP contribution in [0.25, 0.3) is 0 Å². The Morgan fingerprint density at radius 2 is 2.23 bits per heavy atom. The summed E-state index contributed by atoms with van der Waals surface area (Å²) in [4.78, 5) is 11.3. The van der Waals surface area contributed by atoms with Gasteiger partial charge in [-0.3, -0.25) is 0 Å². The minimum atomic E-state index is -0.171. The Hall–Kier alpha value is -0.790. The molecule has 0 aromatic rings. The SMILES string of the molecule is C=C1C[C@H]2CCC[C@@H](C)[C@@H]2OC1=O. The van der Waals surface area contributed by atoms with Gasteiger partial charge in [0.15, 0.2) is 0 Å². The molecule has 72 valence electrons. The van der Waals surface area contributed by atoms with Gasteiger partial charge in [0, 0.05) is 11.5 Å². The van der Waals surface area contributed by atoms with E-state index >= 15 is 0 Å². The third-order valence-electron chi connectivity index (χ3n) is 3.30. The maximum Gasteiger partial charge on any atom is 0.333 e. The Bertz CT molecular complexity index is 244. The molecule has 0 bridgehead atoms. The molecule has 1 aliphatic heterocycles. The fourth-order valence-corrected chi connectivity index (χ4v) is 2.53. The number of esters is 1. The van der Waals surface area contributed by atoms with Gasteiger partial charge >= 0.3 is 5.97 Å². The van der Waals surface area contributed by atoms with E-state index in [1.165, 1.54) is 19.3 Å². The van der Waals surface area contributed by atoms with Crippen LogP contribution in [0.15, 0.2) is 12.2 Å². The zero-order valence-electron chi connectivity index (χ0n) is 8.08. The number of fused-ring (bicyclic) bond motifs is 1. The molecule has 0 aromatic carbocycles. The Morgan fingerprint density at radius 3 is 3.00 bits per heavy atom. The van der Waals surface area contributed by atoms with E-state index < -0.39 is 0 Å². The first kappa shape index (κ1) is 8.79. The van der Waals surface area contributed by atoms with Gasteiger partial charge in [-0.1, -0.05) is 19.9 Å². The third-order valence-corrected chi connectivity index (χ3v) is 3.30. The summed E-state index contributed by atoms with van der Waals surface area (Å²) in [5.41, 5.74) is 0.662. The van der Waals surface area contributed by atoms with Crippen molar-refractivity contribution in [1.82, 2.24) is 0 Å². The molecule has 2 heteroatoms. The molecule has 2 fully saturated rings. The van der Waals surface area contributed by atoms with Gasteiger partial charge in [0.05, 0.1) is 0 Å². The molecule has 0 unspecified atom stereocenters. The molecule has 3 atom stereocenters. The molecule has 13 heavy (non-hydrogen) atoms. The van der Waals surface area contributed by atoms with Crippen molar-refractivity contribution in [3.63, 3.8) is 0 Å². The highest BCUT2D eigenvalue weighted by Crippen LogP contribution is 2.38. The first-order valence-electron chi connectivity index (χ1n) is 5.07. The summed E-state index contributed by atoms with van der Waals surface area (Å²) in [5.74, 6) is 0.916. The van der Waals surface area contributed by atoms with E-state index in [9.17, 15) is 4.79 Å². The highest BCUT2D eigenvalue weighted by Gasteiger charge is 2.38. The van der Waals surface area contributed by atoms with Crippen LogP contribution in [-0.4, -0.2) is 12.1 Å². The van der Waals surface area contributed by atoms with Gasteiger partial charge in [-0.05, 0) is 25.2 Å². The molecule has 0 spiro atoms. The van der Waals surface area contributed by atoms with Crippen LogP contribution in [0.4, 0.5) is 0 Å². The summed E-state index contributed by atoms with van der Waals surface area (Å²) in [6.45, 7) is 5.92. The van der Waals surface area contributed by atoms with Crippen molar-refractivity contribution in [2.75, 3.05) is 0 Å². The second-order valence-electron chi connectivity index (χ2n) is 4.35. The molecule has 0 N–H and O–H groups in total. The molecular formula is C11H16O2. The quantitative estimate of drug-likeness (QED) is 0.422. The van der Waals surface area contributed by atoms with Gasteiger partial charge in [-0.25, -0.2) is 4.79 Å². The first-order valence-corrected chi connectivity index (χ1v) is 5.07. The molecule has 0 radical (unpaired) electrons. The molecule has 1 aliphatic carbocycles. The lowest BCUT2D eigenvalue weighted by Crippen LogP contribution is -2.40. The molecule has 1 saturated carbocycles. The van der Waals surface area contributed by atoms with Crippen LogP contribution in [0.5, 0.6) is 0 Å². The highest BCUT2D eigenvalue weighted by atomic mass is 16.5. The van der Waals surface area contributed by atoms with Crippen molar-refractivity contribution in [3.05, 3.63) is 12.2 Å². The van der Waals surface area contributed by atoms with Crippen molar-refractivity contribution < 1.29 is 9.53 Å². The molecule has 2 nitrogen and oxygen atoms in total. The molecule has 1 saturated heterocycles. The van der Waals surface area contributed by atoms with Crippen LogP contribution < -0.4 is 0 Å². The van der Waals surface area contributed by atoms with Gasteiger partial charge in [-0.2, -0.15) is 0 Å². The number of carbonyl (C=O) groups excluding carboxylic acids is 1. The monoisotopic (exact) mass is 180 g/mol. The minimum absolute atomic E-state index is 0.171. The number of rotatable bonds is 0. The smallest absolute Gasteiger partial charge is 0.333 e. The van der Waals surface area contributed by atoms with Crippen LogP contribution >= 0.6 is 0 Å². The fraction of sp³-hybridized carbons (Fsp3) is 0.727. The summed E-state index contributed by atoms with van der Waals surface area (Å²) in [6.07, 6.45) is 4.69. The van der Waals surface area contributed by atoms with E-state index in [0.29, 0.717) is 17.4 Å². The number of hydrogen-bond acceptors (Lipinski definition) is 2. The summed E-state index contributed by atoms with van der Waals surface area (Å²) in [7, 11) is 0. The third kappa shape index (κ3) is 1.50. The number of hydrogen-bond donors (Lipinski definition) is 0. The van der Waals surface area contributed by atoms with Crippen LogP contribution in [0.1, 0.15) is 32.6 Å². The number of ether oxygens (including phenoxy) is 1. The molecular weight excluding hydrogens is 164 g/mol. The van der Waals surface area contributed by atoms with E-state index in [2.05, 4.69) is 13.5 Å². The van der Waals surface area contributed by atoms with Crippen molar-refractivity contribution in [3.8, 4) is 0 Å². The summed E-state index contributed by atoms with van der Waals surface area (Å²) in [5, 5.41) is 0. The predicted molar refractivity (Wildman–Crippen MR) is 50.1 cm³/mol. The topological polar surface area (TPSA) is 26.3 Å². The fourth-order valence-electron chi connectivity index (χ4n) is 2.53. The second kappa shape index (κ2) is 3.17. The van der Waals surface area contributed by atoms with Crippen molar-refractivity contribution in [2.24, 2.45) is 11.8 Å². The van der Waals surface area contributed by atoms with Crippen LogP contribution in [0.2, 0.25) is 0 Å². The van der Waals surface area contributed by atoms with E-state index in [-0.39, 0.29) is 12.1 Å². The Balaban J connectivity index is 2.12. The number of carbonyl (C=O) groups is 1. The Morgan fingerprint density at radius 1 is 1.46 bits per heavy atom. The van der Waals surface area contributed by atoms with Crippen molar-refractivity contribution in [1.29, 1.82) is 0 Å². The van der Waals surface area contributed by atoms with Crippen molar-refractivity contribution >= 4 is 5.97 Å². The van der Waals surface area contributed by atoms with Gasteiger partial charge in [-0.15, -0.1) is 0 Å². The van der Waals surface area contributed by atoms with Gasteiger partial charge in [0.2, 0.25) is 0 Å². The predicted octanol–water partition coefficient (Wildman–Crippen LogP) is 2.29. The standard InChI is InChI=1S/C11H16O2/c1-7-4-3-5-9-6-8(2)11(12)13-10(7)9/h7,9-10H,2-6H2,1H3/t7-,9-,10+/m1/s1. The van der Waals surface area contributed by atoms with Gasteiger partial charge < -0.3 is 4.74 Å². The average molecular weight is 180 g/mol. The highest BCUT2D eigenvalue weighted by molar-refractivity contribution is 5.88. The Labute approximate surface area is 79.0 Å². The lowest BCUT2D eigenvalue weighted by atomic mass is 9.75. The van der Waals surface area contributed by atoms with Crippen LogP contribution in [0, 0.1) is 11.8 Å². The minimum Gasteiger partial charge on any atom is -0.458 e. The molecule has 2 aliphatic rings. The summed E-state index contributed by atoms with van der Waals surface area (Å²) in [6, 6.07) is 0. The lowest BCUT2D eigenvalue weighted by molar-refractivity contribution is -0.157. The van der Waals surface area contributed by atoms with Gasteiger partial charge in [0.25, 0.3) is 0 Å². The first-order chi connectivity index (χ1) is 6.18. The van der Waals surface area contributed by atoms with Crippen LogP contribution in [-0.2, 0) is 9.53 Å². The largest absolute Gasteiger partial charge is 0.458 e. The van der Waals surface area contributed by atoms with E-state index in [0.717, 1.165) is 6.42 Å². The molecule has 0 amide bonds. The van der Waals surface area contributed by atoms with Crippen LogP contribution in [0.3, 0.4) is 0 Å². The molecule has 2 rings (SSSR count). The van der Waals surface area contributed by atoms with Crippen molar-refractivity contribution in [2.45, 2.75) is 38.7 Å². The average Bonchev–Trinajstić information content (AvgIpc) is 2.09. The lowest BCUT2D eigenvalue weighted by Gasteiger charge is -2.39. The maximum absolute atomic E-state index is 11.3. The second-order valence-corrected chi connectivity index (χ2v) is 4.35. The van der Waals surface area contributed by atoms with E-state index in [1.807, 2.05) is 0 Å². The maximum atomic E-state index is 11.3. The zero-order chi connectivity index (χ0) is 9.42.